The van der Waals surface area contributed by atoms with Gasteiger partial charge in [-0.1, -0.05) is 6.07 Å². The number of hydrogen-bond acceptors (Lipinski definition) is 4. The first-order valence-corrected chi connectivity index (χ1v) is 8.61. The highest BCUT2D eigenvalue weighted by molar-refractivity contribution is 7.98. The molecule has 0 heterocycles. The molecule has 3 N–H and O–H groups in total. The van der Waals surface area contributed by atoms with Crippen molar-refractivity contribution in [2.24, 2.45) is 0 Å². The Morgan fingerprint density at radius 3 is 2.57 bits per heavy atom. The van der Waals surface area contributed by atoms with Gasteiger partial charge in [-0.25, -0.2) is 0 Å². The van der Waals surface area contributed by atoms with Crippen LogP contribution in [0.1, 0.15) is 6.92 Å². The lowest BCUT2D eigenvalue weighted by Crippen LogP contribution is -2.09. The number of carbonyl (C=O) groups is 1. The van der Waals surface area contributed by atoms with Crippen molar-refractivity contribution in [2.45, 2.75) is 21.6 Å². The quantitative estimate of drug-likeness (QED) is 0.515. The van der Waals surface area contributed by atoms with E-state index in [1.807, 2.05) is 30.5 Å². The topological polar surface area (TPSA) is 78.2 Å². The number of amides is 1. The standard InChI is InChI=1S/C15H16N2O2S2/c1-10(18)17-15-7-6-13(9-14(15)16)21(19)12-5-3-4-11(8-12)20-2/h3-9H,16H2,1-2H3,(H,17,18). The first-order chi connectivity index (χ1) is 10.0. The number of carbonyl (C=O) groups excluding carboxylic acids is 1. The van der Waals surface area contributed by atoms with Crippen LogP contribution in [0, 0.1) is 0 Å². The van der Waals surface area contributed by atoms with Crippen molar-refractivity contribution < 1.29 is 9.35 Å². The molecule has 2 aromatic rings. The largest absolute Gasteiger partial charge is 0.606 e. The van der Waals surface area contributed by atoms with Crippen LogP contribution in [0.3, 0.4) is 0 Å². The summed E-state index contributed by atoms with van der Waals surface area (Å²) in [6.07, 6.45) is 1.97. The van der Waals surface area contributed by atoms with Crippen LogP contribution < -0.4 is 11.1 Å². The third kappa shape index (κ3) is 3.93. The SMILES string of the molecule is CSc1cccc([S+]([O-])c2ccc(NC(C)=O)c(N)c2)c1. The van der Waals surface area contributed by atoms with Crippen LogP contribution in [0.4, 0.5) is 11.4 Å². The molecule has 0 bridgehead atoms. The lowest BCUT2D eigenvalue weighted by molar-refractivity contribution is -0.114. The summed E-state index contributed by atoms with van der Waals surface area (Å²) >= 11 is 0.305. The summed E-state index contributed by atoms with van der Waals surface area (Å²) in [4.78, 5) is 13.4. The van der Waals surface area contributed by atoms with Crippen LogP contribution >= 0.6 is 11.8 Å². The van der Waals surface area contributed by atoms with Crippen molar-refractivity contribution in [3.05, 3.63) is 42.5 Å². The molecule has 4 nitrogen and oxygen atoms in total. The Morgan fingerprint density at radius 2 is 1.95 bits per heavy atom. The zero-order chi connectivity index (χ0) is 15.4. The number of rotatable bonds is 4. The van der Waals surface area contributed by atoms with Gasteiger partial charge in [0.15, 0.2) is 9.79 Å². The normalized spacial score (nSPS) is 12.0. The average Bonchev–Trinajstić information content (AvgIpc) is 2.48. The number of nitrogen functional groups attached to an aromatic ring is 1. The maximum atomic E-state index is 12.6. The second kappa shape index (κ2) is 6.89. The lowest BCUT2D eigenvalue weighted by Gasteiger charge is -2.13. The monoisotopic (exact) mass is 320 g/mol. The van der Waals surface area contributed by atoms with E-state index in [9.17, 15) is 9.35 Å². The van der Waals surface area contributed by atoms with Gasteiger partial charge in [-0.3, -0.25) is 4.79 Å². The number of benzene rings is 2. The van der Waals surface area contributed by atoms with E-state index >= 15 is 0 Å². The highest BCUT2D eigenvalue weighted by atomic mass is 32.2. The van der Waals surface area contributed by atoms with Crippen LogP contribution in [0.5, 0.6) is 0 Å². The molecule has 0 aliphatic heterocycles. The molecule has 0 aliphatic carbocycles. The lowest BCUT2D eigenvalue weighted by atomic mass is 10.2. The number of nitrogens with two attached hydrogens (primary N) is 1. The van der Waals surface area contributed by atoms with E-state index in [4.69, 9.17) is 5.73 Å². The predicted octanol–water partition coefficient (Wildman–Crippen LogP) is 3.12. The molecule has 2 rings (SSSR count). The van der Waals surface area contributed by atoms with Gasteiger partial charge < -0.3 is 15.6 Å². The Bertz CT molecular complexity index is 662. The Hall–Kier alpha value is -1.63. The molecule has 1 atom stereocenters. The molecule has 2 aromatic carbocycles. The first kappa shape index (κ1) is 15.8. The first-order valence-electron chi connectivity index (χ1n) is 6.24. The highest BCUT2D eigenvalue weighted by Crippen LogP contribution is 2.28. The zero-order valence-corrected chi connectivity index (χ0v) is 13.4. The van der Waals surface area contributed by atoms with Crippen LogP contribution in [0.25, 0.3) is 0 Å². The molecule has 0 saturated carbocycles. The minimum Gasteiger partial charge on any atom is -0.606 e. The van der Waals surface area contributed by atoms with Gasteiger partial charge in [0.2, 0.25) is 5.91 Å². The maximum absolute atomic E-state index is 12.6. The minimum atomic E-state index is -1.30. The van der Waals surface area contributed by atoms with E-state index in [1.54, 1.807) is 30.0 Å². The van der Waals surface area contributed by atoms with Crippen molar-refractivity contribution in [3.63, 3.8) is 0 Å². The second-order valence-electron chi connectivity index (χ2n) is 4.38. The Balaban J connectivity index is 2.28. The molecular formula is C15H16N2O2S2. The molecule has 0 spiro atoms. The predicted molar refractivity (Wildman–Crippen MR) is 88.1 cm³/mol. The third-order valence-corrected chi connectivity index (χ3v) is 4.89. The van der Waals surface area contributed by atoms with Gasteiger partial charge in [0.25, 0.3) is 0 Å². The minimum absolute atomic E-state index is 0.191. The van der Waals surface area contributed by atoms with E-state index in [0.717, 1.165) is 9.79 Å². The van der Waals surface area contributed by atoms with Crippen molar-refractivity contribution >= 4 is 40.2 Å². The summed E-state index contributed by atoms with van der Waals surface area (Å²) in [6, 6.07) is 12.6. The van der Waals surface area contributed by atoms with Crippen LogP contribution in [0.2, 0.25) is 0 Å². The van der Waals surface area contributed by atoms with Crippen LogP contribution in [-0.2, 0) is 16.0 Å². The Morgan fingerprint density at radius 1 is 1.24 bits per heavy atom. The van der Waals surface area contributed by atoms with E-state index in [-0.39, 0.29) is 5.91 Å². The fraction of sp³-hybridized carbons (Fsp3) is 0.133. The summed E-state index contributed by atoms with van der Waals surface area (Å²) in [5.74, 6) is -0.191. The second-order valence-corrected chi connectivity index (χ2v) is 6.74. The molecule has 6 heteroatoms. The third-order valence-electron chi connectivity index (χ3n) is 2.80. The van der Waals surface area contributed by atoms with Gasteiger partial charge in [0, 0.05) is 35.1 Å². The summed E-state index contributed by atoms with van der Waals surface area (Å²) in [6.45, 7) is 1.42. The smallest absolute Gasteiger partial charge is 0.221 e. The highest BCUT2D eigenvalue weighted by Gasteiger charge is 2.16. The number of thioether (sulfide) groups is 1. The molecule has 0 aliphatic rings. The molecule has 0 saturated heterocycles. The summed E-state index contributed by atoms with van der Waals surface area (Å²) < 4.78 is 12.6. The fourth-order valence-corrected chi connectivity index (χ4v) is 3.48. The van der Waals surface area contributed by atoms with Crippen molar-refractivity contribution in [3.8, 4) is 0 Å². The van der Waals surface area contributed by atoms with Gasteiger partial charge in [-0.2, -0.15) is 0 Å². The maximum Gasteiger partial charge on any atom is 0.221 e. The number of hydrogen-bond donors (Lipinski definition) is 2. The van der Waals surface area contributed by atoms with E-state index < -0.39 is 11.2 Å². The molecule has 21 heavy (non-hydrogen) atoms. The molecule has 110 valence electrons. The van der Waals surface area contributed by atoms with E-state index in [1.165, 1.54) is 6.92 Å². The van der Waals surface area contributed by atoms with Gasteiger partial charge in [-0.05, 0) is 30.5 Å². The van der Waals surface area contributed by atoms with Gasteiger partial charge in [-0.15, -0.1) is 11.8 Å². The average molecular weight is 320 g/mol. The van der Waals surface area contributed by atoms with Gasteiger partial charge >= 0.3 is 0 Å². The molecule has 1 amide bonds. The van der Waals surface area contributed by atoms with Crippen LogP contribution in [-0.4, -0.2) is 16.7 Å². The van der Waals surface area contributed by atoms with E-state index in [2.05, 4.69) is 5.32 Å². The fourth-order valence-electron chi connectivity index (χ4n) is 1.81. The summed E-state index contributed by atoms with van der Waals surface area (Å²) in [7, 11) is 0. The summed E-state index contributed by atoms with van der Waals surface area (Å²) in [5, 5.41) is 2.63. The van der Waals surface area contributed by atoms with Crippen LogP contribution in [0.15, 0.2) is 57.2 Å². The molecular weight excluding hydrogens is 304 g/mol. The zero-order valence-electron chi connectivity index (χ0n) is 11.8. The molecule has 0 radical (unpaired) electrons. The Labute approximate surface area is 131 Å². The summed E-state index contributed by atoms with van der Waals surface area (Å²) in [5.41, 5.74) is 6.82. The molecule has 1 unspecified atom stereocenters. The van der Waals surface area contributed by atoms with E-state index in [0.29, 0.717) is 16.3 Å². The van der Waals surface area contributed by atoms with Crippen molar-refractivity contribution in [1.82, 2.24) is 0 Å². The number of nitrogens with one attached hydrogen (secondary N) is 1. The number of anilines is 2. The van der Waals surface area contributed by atoms with Crippen molar-refractivity contribution in [2.75, 3.05) is 17.3 Å². The molecule has 0 aromatic heterocycles. The van der Waals surface area contributed by atoms with Gasteiger partial charge in [0.1, 0.15) is 0 Å². The molecule has 0 fully saturated rings. The van der Waals surface area contributed by atoms with Crippen molar-refractivity contribution in [1.29, 1.82) is 0 Å². The van der Waals surface area contributed by atoms with Gasteiger partial charge in [0.05, 0.1) is 11.4 Å². The Kier molecular flexibility index (Phi) is 5.17.